The van der Waals surface area contributed by atoms with Crippen LogP contribution in [0.4, 0.5) is 5.69 Å². The Labute approximate surface area is 154 Å². The SMILES string of the molecule is C=CC(=O)Nc1cccc2nc(-c3ccc(C(C)(C)C)cc3)c(C)cc12. The van der Waals surface area contributed by atoms with Gasteiger partial charge in [-0.25, -0.2) is 4.98 Å². The maximum atomic E-state index is 11.7. The lowest BCUT2D eigenvalue weighted by Crippen LogP contribution is -2.10. The summed E-state index contributed by atoms with van der Waals surface area (Å²) in [7, 11) is 0. The summed E-state index contributed by atoms with van der Waals surface area (Å²) in [5.41, 5.74) is 6.16. The van der Waals surface area contributed by atoms with Crippen LogP contribution in [0.3, 0.4) is 0 Å². The molecule has 3 heteroatoms. The number of benzene rings is 2. The van der Waals surface area contributed by atoms with Crippen molar-refractivity contribution in [1.82, 2.24) is 4.98 Å². The van der Waals surface area contributed by atoms with Crippen LogP contribution in [0.25, 0.3) is 22.2 Å². The predicted molar refractivity (Wildman–Crippen MR) is 109 cm³/mol. The Kier molecular flexibility index (Phi) is 4.64. The highest BCUT2D eigenvalue weighted by molar-refractivity contribution is 6.05. The molecule has 3 rings (SSSR count). The summed E-state index contributed by atoms with van der Waals surface area (Å²) in [6.07, 6.45) is 1.27. The molecule has 1 amide bonds. The molecule has 0 aliphatic heterocycles. The van der Waals surface area contributed by atoms with Crippen molar-refractivity contribution < 1.29 is 4.79 Å². The molecule has 0 radical (unpaired) electrons. The van der Waals surface area contributed by atoms with Crippen molar-refractivity contribution in [2.45, 2.75) is 33.1 Å². The molecule has 1 heterocycles. The van der Waals surface area contributed by atoms with Crippen LogP contribution >= 0.6 is 0 Å². The molecule has 3 aromatic rings. The predicted octanol–water partition coefficient (Wildman–Crippen LogP) is 5.63. The molecule has 2 aromatic carbocycles. The van der Waals surface area contributed by atoms with Gasteiger partial charge in [-0.05, 0) is 47.7 Å². The minimum atomic E-state index is -0.225. The third-order valence-corrected chi connectivity index (χ3v) is 4.52. The Morgan fingerprint density at radius 1 is 1.12 bits per heavy atom. The number of aromatic nitrogens is 1. The first-order valence-electron chi connectivity index (χ1n) is 8.74. The smallest absolute Gasteiger partial charge is 0.247 e. The summed E-state index contributed by atoms with van der Waals surface area (Å²) in [5.74, 6) is -0.225. The van der Waals surface area contributed by atoms with E-state index >= 15 is 0 Å². The average Bonchev–Trinajstić information content (AvgIpc) is 2.61. The van der Waals surface area contributed by atoms with E-state index in [0.29, 0.717) is 0 Å². The van der Waals surface area contributed by atoms with Crippen molar-refractivity contribution in [3.05, 3.63) is 72.3 Å². The average molecular weight is 344 g/mol. The molecule has 0 unspecified atom stereocenters. The quantitative estimate of drug-likeness (QED) is 0.625. The molecule has 1 aromatic heterocycles. The molecule has 0 saturated carbocycles. The third-order valence-electron chi connectivity index (χ3n) is 4.52. The molecule has 26 heavy (non-hydrogen) atoms. The van der Waals surface area contributed by atoms with Gasteiger partial charge in [0.1, 0.15) is 0 Å². The fourth-order valence-corrected chi connectivity index (χ4v) is 3.01. The van der Waals surface area contributed by atoms with Crippen molar-refractivity contribution in [1.29, 1.82) is 0 Å². The molecule has 0 spiro atoms. The highest BCUT2D eigenvalue weighted by Crippen LogP contribution is 2.31. The van der Waals surface area contributed by atoms with Crippen molar-refractivity contribution in [3.8, 4) is 11.3 Å². The number of amides is 1. The summed E-state index contributed by atoms with van der Waals surface area (Å²) < 4.78 is 0. The lowest BCUT2D eigenvalue weighted by Gasteiger charge is -2.19. The largest absolute Gasteiger partial charge is 0.322 e. The summed E-state index contributed by atoms with van der Waals surface area (Å²) in [6.45, 7) is 12.2. The molecule has 132 valence electrons. The minimum Gasteiger partial charge on any atom is -0.322 e. The van der Waals surface area contributed by atoms with E-state index in [2.05, 4.69) is 63.0 Å². The lowest BCUT2D eigenvalue weighted by atomic mass is 9.86. The number of anilines is 1. The highest BCUT2D eigenvalue weighted by Gasteiger charge is 2.14. The second-order valence-electron chi connectivity index (χ2n) is 7.55. The Bertz CT molecular complexity index is 980. The van der Waals surface area contributed by atoms with E-state index in [4.69, 9.17) is 4.98 Å². The Balaban J connectivity index is 2.07. The van der Waals surface area contributed by atoms with Gasteiger partial charge in [0.05, 0.1) is 16.9 Å². The number of hydrogen-bond donors (Lipinski definition) is 1. The van der Waals surface area contributed by atoms with Gasteiger partial charge in [0.15, 0.2) is 0 Å². The number of pyridine rings is 1. The van der Waals surface area contributed by atoms with Gasteiger partial charge >= 0.3 is 0 Å². The number of aryl methyl sites for hydroxylation is 1. The van der Waals surface area contributed by atoms with Crippen LogP contribution in [0.5, 0.6) is 0 Å². The second kappa shape index (κ2) is 6.75. The van der Waals surface area contributed by atoms with Crippen LogP contribution < -0.4 is 5.32 Å². The molecule has 1 N–H and O–H groups in total. The molecular weight excluding hydrogens is 320 g/mol. The first kappa shape index (κ1) is 17.9. The number of rotatable bonds is 3. The zero-order valence-corrected chi connectivity index (χ0v) is 15.8. The molecule has 0 bridgehead atoms. The molecule has 3 nitrogen and oxygen atoms in total. The van der Waals surface area contributed by atoms with E-state index in [-0.39, 0.29) is 11.3 Å². The molecule has 0 saturated heterocycles. The van der Waals surface area contributed by atoms with Gasteiger partial charge in [0.25, 0.3) is 0 Å². The maximum absolute atomic E-state index is 11.7. The van der Waals surface area contributed by atoms with Crippen molar-refractivity contribution >= 4 is 22.5 Å². The lowest BCUT2D eigenvalue weighted by molar-refractivity contribution is -0.111. The Hall–Kier alpha value is -2.94. The van der Waals surface area contributed by atoms with Gasteiger partial charge in [-0.1, -0.05) is 57.7 Å². The van der Waals surface area contributed by atoms with Crippen LogP contribution in [0.15, 0.2) is 61.2 Å². The van der Waals surface area contributed by atoms with E-state index in [1.165, 1.54) is 11.6 Å². The number of fused-ring (bicyclic) bond motifs is 1. The van der Waals surface area contributed by atoms with Crippen molar-refractivity contribution in [3.63, 3.8) is 0 Å². The van der Waals surface area contributed by atoms with E-state index in [1.54, 1.807) is 0 Å². The van der Waals surface area contributed by atoms with Crippen molar-refractivity contribution in [2.75, 3.05) is 5.32 Å². The normalized spacial score (nSPS) is 11.4. The Morgan fingerprint density at radius 2 is 1.81 bits per heavy atom. The van der Waals surface area contributed by atoms with Gasteiger partial charge in [-0.15, -0.1) is 0 Å². The van der Waals surface area contributed by atoms with Gasteiger partial charge in [0.2, 0.25) is 5.91 Å². The summed E-state index contributed by atoms with van der Waals surface area (Å²) >= 11 is 0. The van der Waals surface area contributed by atoms with Crippen LogP contribution in [-0.2, 0) is 10.2 Å². The molecule has 0 aliphatic carbocycles. The van der Waals surface area contributed by atoms with E-state index in [1.807, 2.05) is 25.1 Å². The van der Waals surface area contributed by atoms with E-state index in [0.717, 1.165) is 33.4 Å². The van der Waals surface area contributed by atoms with Gasteiger partial charge < -0.3 is 5.32 Å². The van der Waals surface area contributed by atoms with Gasteiger partial charge in [0, 0.05) is 10.9 Å². The molecular formula is C23H24N2O. The monoisotopic (exact) mass is 344 g/mol. The van der Waals surface area contributed by atoms with Crippen LogP contribution in [0, 0.1) is 6.92 Å². The molecule has 0 atom stereocenters. The van der Waals surface area contributed by atoms with Crippen LogP contribution in [-0.4, -0.2) is 10.9 Å². The third kappa shape index (κ3) is 3.52. The van der Waals surface area contributed by atoms with Crippen LogP contribution in [0.1, 0.15) is 31.9 Å². The number of carbonyl (C=O) groups is 1. The molecule has 0 fully saturated rings. The summed E-state index contributed by atoms with van der Waals surface area (Å²) in [4.78, 5) is 16.5. The van der Waals surface area contributed by atoms with E-state index < -0.39 is 0 Å². The topological polar surface area (TPSA) is 42.0 Å². The van der Waals surface area contributed by atoms with Crippen LogP contribution in [0.2, 0.25) is 0 Å². The second-order valence-corrected chi connectivity index (χ2v) is 7.55. The summed E-state index contributed by atoms with van der Waals surface area (Å²) in [5, 5.41) is 3.77. The van der Waals surface area contributed by atoms with E-state index in [9.17, 15) is 4.79 Å². The highest BCUT2D eigenvalue weighted by atomic mass is 16.1. The minimum absolute atomic E-state index is 0.128. The maximum Gasteiger partial charge on any atom is 0.247 e. The first-order chi connectivity index (χ1) is 12.3. The number of carbonyl (C=O) groups excluding carboxylic acids is 1. The zero-order valence-electron chi connectivity index (χ0n) is 15.8. The number of nitrogens with zero attached hydrogens (tertiary/aromatic N) is 1. The Morgan fingerprint density at radius 3 is 2.42 bits per heavy atom. The fraction of sp³-hybridized carbons (Fsp3) is 0.217. The molecule has 0 aliphatic rings. The summed E-state index contributed by atoms with van der Waals surface area (Å²) in [6, 6.07) is 16.4. The van der Waals surface area contributed by atoms with Crippen molar-refractivity contribution in [2.24, 2.45) is 0 Å². The number of hydrogen-bond acceptors (Lipinski definition) is 2. The standard InChI is InChI=1S/C23H24N2O/c1-6-21(26)24-19-8-7-9-20-18(19)14-15(2)22(25-20)16-10-12-17(13-11-16)23(3,4)5/h6-14H,1H2,2-5H3,(H,24,26). The fourth-order valence-electron chi connectivity index (χ4n) is 3.01. The van der Waals surface area contributed by atoms with Gasteiger partial charge in [-0.2, -0.15) is 0 Å². The first-order valence-corrected chi connectivity index (χ1v) is 8.74. The number of nitrogens with one attached hydrogen (secondary N) is 1. The van der Waals surface area contributed by atoms with Gasteiger partial charge in [-0.3, -0.25) is 4.79 Å². The zero-order chi connectivity index (χ0) is 18.9.